The summed E-state index contributed by atoms with van der Waals surface area (Å²) in [6.07, 6.45) is 0. The van der Waals surface area contributed by atoms with Gasteiger partial charge in [-0.15, -0.1) is 12.6 Å². The van der Waals surface area contributed by atoms with Crippen LogP contribution in [0.15, 0.2) is 24.3 Å². The van der Waals surface area contributed by atoms with Gasteiger partial charge in [0.05, 0.1) is 0 Å². The highest BCUT2D eigenvalue weighted by Crippen LogP contribution is 2.14. The summed E-state index contributed by atoms with van der Waals surface area (Å²) < 4.78 is 5.07. The molecule has 10 heavy (non-hydrogen) atoms. The molecule has 1 aromatic rings. The molecule has 0 atom stereocenters. The summed E-state index contributed by atoms with van der Waals surface area (Å²) in [4.78, 5) is 0. The molecule has 0 aliphatic carbocycles. The van der Waals surface area contributed by atoms with Gasteiger partial charge in [0.15, 0.2) is 0 Å². The van der Waals surface area contributed by atoms with Gasteiger partial charge in [0.25, 0.3) is 0 Å². The van der Waals surface area contributed by atoms with Crippen molar-refractivity contribution in [3.05, 3.63) is 24.3 Å². The molecule has 0 heterocycles. The second kappa shape index (κ2) is 3.37. The summed E-state index contributed by atoms with van der Waals surface area (Å²) in [6.45, 7) is 0. The predicted octanol–water partition coefficient (Wildman–Crippen LogP) is 1.53. The molecule has 0 saturated carbocycles. The molecule has 0 aliphatic heterocycles. The minimum Gasteiger partial charge on any atom is -0.483 e. The molecule has 3 heteroatoms. The maximum Gasteiger partial charge on any atom is 0.131 e. The van der Waals surface area contributed by atoms with Crippen molar-refractivity contribution in [3.63, 3.8) is 0 Å². The minimum absolute atomic E-state index is 0.378. The van der Waals surface area contributed by atoms with Gasteiger partial charge in [-0.2, -0.15) is 0 Å². The summed E-state index contributed by atoms with van der Waals surface area (Å²) in [5.74, 6) is 1.14. The molecular formula is C7H9NOS. The summed E-state index contributed by atoms with van der Waals surface area (Å²) in [7, 11) is 0. The third-order valence-electron chi connectivity index (χ3n) is 1.09. The number of nitrogens with two attached hydrogens (primary N) is 1. The van der Waals surface area contributed by atoms with Crippen LogP contribution in [0.25, 0.3) is 0 Å². The number of thiol groups is 1. The first kappa shape index (κ1) is 7.28. The quantitative estimate of drug-likeness (QED) is 0.386. The van der Waals surface area contributed by atoms with E-state index in [1.54, 1.807) is 6.07 Å². The lowest BCUT2D eigenvalue weighted by Gasteiger charge is -2.01. The molecule has 0 spiro atoms. The van der Waals surface area contributed by atoms with E-state index >= 15 is 0 Å². The number of hydrogen-bond acceptors (Lipinski definition) is 3. The fourth-order valence-electron chi connectivity index (χ4n) is 0.679. The van der Waals surface area contributed by atoms with Gasteiger partial charge in [0, 0.05) is 11.8 Å². The predicted molar refractivity (Wildman–Crippen MR) is 45.3 cm³/mol. The Morgan fingerprint density at radius 3 is 2.90 bits per heavy atom. The van der Waals surface area contributed by atoms with Crippen LogP contribution >= 0.6 is 12.6 Å². The Morgan fingerprint density at radius 1 is 1.50 bits per heavy atom. The molecule has 1 rings (SSSR count). The monoisotopic (exact) mass is 155 g/mol. The first-order valence-corrected chi connectivity index (χ1v) is 3.55. The fourth-order valence-corrected chi connectivity index (χ4v) is 0.828. The highest BCUT2D eigenvalue weighted by Gasteiger charge is 1.89. The number of hydrogen-bond donors (Lipinski definition) is 2. The molecule has 2 nitrogen and oxygen atoms in total. The number of ether oxygens (including phenoxy) is 1. The molecular weight excluding hydrogens is 146 g/mol. The van der Waals surface area contributed by atoms with Crippen LogP contribution < -0.4 is 10.5 Å². The normalized spacial score (nSPS) is 9.30. The third kappa shape index (κ3) is 1.84. The number of nitrogen functional groups attached to an aromatic ring is 1. The number of anilines is 1. The van der Waals surface area contributed by atoms with Gasteiger partial charge in [-0.1, -0.05) is 6.07 Å². The van der Waals surface area contributed by atoms with E-state index in [2.05, 4.69) is 12.6 Å². The van der Waals surface area contributed by atoms with Crippen LogP contribution in [0.3, 0.4) is 0 Å². The van der Waals surface area contributed by atoms with Gasteiger partial charge < -0.3 is 10.5 Å². The highest BCUT2D eigenvalue weighted by atomic mass is 32.1. The molecule has 54 valence electrons. The van der Waals surface area contributed by atoms with Crippen LogP contribution in [0.5, 0.6) is 5.75 Å². The van der Waals surface area contributed by atoms with Gasteiger partial charge >= 0.3 is 0 Å². The zero-order valence-electron chi connectivity index (χ0n) is 5.45. The Hall–Kier alpha value is -0.830. The van der Waals surface area contributed by atoms with Crippen molar-refractivity contribution < 1.29 is 4.74 Å². The maximum atomic E-state index is 5.48. The van der Waals surface area contributed by atoms with Crippen molar-refractivity contribution in [1.82, 2.24) is 0 Å². The maximum absolute atomic E-state index is 5.48. The lowest BCUT2D eigenvalue weighted by molar-refractivity contribution is 0.395. The van der Waals surface area contributed by atoms with Gasteiger partial charge in [-0.25, -0.2) is 0 Å². The van der Waals surface area contributed by atoms with Crippen LogP contribution in [-0.2, 0) is 0 Å². The van der Waals surface area contributed by atoms with E-state index in [0.717, 1.165) is 5.75 Å². The van der Waals surface area contributed by atoms with E-state index in [0.29, 0.717) is 11.6 Å². The van der Waals surface area contributed by atoms with Crippen molar-refractivity contribution in [3.8, 4) is 5.75 Å². The molecule has 0 saturated heterocycles. The van der Waals surface area contributed by atoms with E-state index in [1.165, 1.54) is 0 Å². The number of benzene rings is 1. The second-order valence-electron chi connectivity index (χ2n) is 1.85. The molecule has 0 bridgehead atoms. The van der Waals surface area contributed by atoms with Crippen LogP contribution in [0.2, 0.25) is 0 Å². The van der Waals surface area contributed by atoms with E-state index in [9.17, 15) is 0 Å². The van der Waals surface area contributed by atoms with Crippen molar-refractivity contribution in [2.75, 3.05) is 11.7 Å². The Bertz CT molecular complexity index is 215. The molecule has 2 N–H and O–H groups in total. The lowest BCUT2D eigenvalue weighted by Crippen LogP contribution is -1.90. The molecule has 0 radical (unpaired) electrons. The van der Waals surface area contributed by atoms with Crippen molar-refractivity contribution >= 4 is 18.3 Å². The van der Waals surface area contributed by atoms with Crippen LogP contribution in [0, 0.1) is 0 Å². The SMILES string of the molecule is Nc1cccc(OCS)c1. The Kier molecular flexibility index (Phi) is 2.45. The molecule has 0 fully saturated rings. The Morgan fingerprint density at radius 2 is 2.30 bits per heavy atom. The molecule has 0 aliphatic rings. The fraction of sp³-hybridized carbons (Fsp3) is 0.143. The molecule has 1 aromatic carbocycles. The smallest absolute Gasteiger partial charge is 0.131 e. The average Bonchev–Trinajstić information content (AvgIpc) is 1.88. The highest BCUT2D eigenvalue weighted by molar-refractivity contribution is 7.80. The van der Waals surface area contributed by atoms with E-state index in [4.69, 9.17) is 10.5 Å². The lowest BCUT2D eigenvalue weighted by atomic mass is 10.3. The zero-order valence-corrected chi connectivity index (χ0v) is 6.34. The molecule has 0 aromatic heterocycles. The van der Waals surface area contributed by atoms with Crippen LogP contribution in [0.1, 0.15) is 0 Å². The summed E-state index contributed by atoms with van der Waals surface area (Å²) in [6, 6.07) is 7.25. The first-order chi connectivity index (χ1) is 4.83. The third-order valence-corrected chi connectivity index (χ3v) is 1.22. The van der Waals surface area contributed by atoms with E-state index < -0.39 is 0 Å². The average molecular weight is 155 g/mol. The van der Waals surface area contributed by atoms with E-state index in [1.807, 2.05) is 18.2 Å². The summed E-state index contributed by atoms with van der Waals surface area (Å²) >= 11 is 3.90. The number of rotatable bonds is 2. The first-order valence-electron chi connectivity index (χ1n) is 2.92. The van der Waals surface area contributed by atoms with Gasteiger partial charge in [-0.3, -0.25) is 0 Å². The summed E-state index contributed by atoms with van der Waals surface area (Å²) in [5.41, 5.74) is 6.19. The minimum atomic E-state index is 0.378. The van der Waals surface area contributed by atoms with Crippen molar-refractivity contribution in [2.45, 2.75) is 0 Å². The second-order valence-corrected chi connectivity index (χ2v) is 2.10. The topological polar surface area (TPSA) is 35.2 Å². The largest absolute Gasteiger partial charge is 0.483 e. The van der Waals surface area contributed by atoms with Gasteiger partial charge in [-0.05, 0) is 12.1 Å². The zero-order chi connectivity index (χ0) is 7.40. The van der Waals surface area contributed by atoms with Crippen molar-refractivity contribution in [1.29, 1.82) is 0 Å². The Balaban J connectivity index is 2.75. The Labute approximate surface area is 65.4 Å². The molecule has 0 amide bonds. The van der Waals surface area contributed by atoms with E-state index in [-0.39, 0.29) is 0 Å². The van der Waals surface area contributed by atoms with Crippen LogP contribution in [-0.4, -0.2) is 5.94 Å². The van der Waals surface area contributed by atoms with Crippen LogP contribution in [0.4, 0.5) is 5.69 Å². The van der Waals surface area contributed by atoms with Gasteiger partial charge in [0.2, 0.25) is 0 Å². The standard InChI is InChI=1S/C7H9NOS/c8-6-2-1-3-7(4-6)9-5-10/h1-4,10H,5,8H2. The molecule has 0 unspecified atom stereocenters. The van der Waals surface area contributed by atoms with Gasteiger partial charge in [0.1, 0.15) is 11.7 Å². The summed E-state index contributed by atoms with van der Waals surface area (Å²) in [5, 5.41) is 0. The van der Waals surface area contributed by atoms with Crippen molar-refractivity contribution in [2.24, 2.45) is 0 Å².